The van der Waals surface area contributed by atoms with E-state index in [-0.39, 0.29) is 0 Å². The van der Waals surface area contributed by atoms with Crippen LogP contribution in [-0.2, 0) is 16.6 Å². The highest BCUT2D eigenvalue weighted by molar-refractivity contribution is 5.30. The molecule has 1 aliphatic rings. The number of hydrogen-bond donors (Lipinski definition) is 0. The lowest BCUT2D eigenvalue weighted by atomic mass is 9.75. The zero-order chi connectivity index (χ0) is 10.7. The molecule has 0 unspecified atom stereocenters. The standard InChI is InChI=1S/C14H20O/c1-3-12-5-4-6-13(11-12)14(2)7-9-15-10-8-14/h4-6,11H,3,7-10H2,1-2H3. The third-order valence-corrected chi connectivity index (χ3v) is 3.63. The minimum atomic E-state index is 0.337. The van der Waals surface area contributed by atoms with Gasteiger partial charge in [-0.2, -0.15) is 0 Å². The van der Waals surface area contributed by atoms with Crippen molar-refractivity contribution in [1.29, 1.82) is 0 Å². The van der Waals surface area contributed by atoms with E-state index in [0.29, 0.717) is 5.41 Å². The normalized spacial score (nSPS) is 20.1. The number of ether oxygens (including phenoxy) is 1. The second kappa shape index (κ2) is 4.36. The molecular formula is C14H20O. The molecule has 0 aromatic heterocycles. The fraction of sp³-hybridized carbons (Fsp3) is 0.571. The number of benzene rings is 1. The van der Waals surface area contributed by atoms with Crippen LogP contribution in [0.3, 0.4) is 0 Å². The van der Waals surface area contributed by atoms with Gasteiger partial charge in [-0.3, -0.25) is 0 Å². The predicted octanol–water partition coefficient (Wildman–Crippen LogP) is 3.32. The lowest BCUT2D eigenvalue weighted by Gasteiger charge is -2.34. The average molecular weight is 204 g/mol. The lowest BCUT2D eigenvalue weighted by molar-refractivity contribution is 0.0564. The number of hydrogen-bond acceptors (Lipinski definition) is 1. The second-order valence-electron chi connectivity index (χ2n) is 4.73. The Balaban J connectivity index is 2.26. The first-order valence-electron chi connectivity index (χ1n) is 5.92. The summed E-state index contributed by atoms with van der Waals surface area (Å²) in [7, 11) is 0. The highest BCUT2D eigenvalue weighted by Crippen LogP contribution is 2.34. The first-order chi connectivity index (χ1) is 7.24. The van der Waals surface area contributed by atoms with Crippen molar-refractivity contribution in [2.75, 3.05) is 13.2 Å². The van der Waals surface area contributed by atoms with E-state index in [1.165, 1.54) is 11.1 Å². The predicted molar refractivity (Wildman–Crippen MR) is 63.2 cm³/mol. The molecule has 0 radical (unpaired) electrons. The summed E-state index contributed by atoms with van der Waals surface area (Å²) in [5.41, 5.74) is 3.27. The molecule has 1 aromatic rings. The van der Waals surface area contributed by atoms with E-state index >= 15 is 0 Å². The molecule has 0 bridgehead atoms. The third-order valence-electron chi connectivity index (χ3n) is 3.63. The molecule has 0 aliphatic carbocycles. The van der Waals surface area contributed by atoms with Crippen LogP contribution in [0.5, 0.6) is 0 Å². The van der Waals surface area contributed by atoms with Crippen molar-refractivity contribution < 1.29 is 4.74 Å². The van der Waals surface area contributed by atoms with Crippen LogP contribution < -0.4 is 0 Å². The van der Waals surface area contributed by atoms with Crippen LogP contribution in [-0.4, -0.2) is 13.2 Å². The van der Waals surface area contributed by atoms with E-state index in [9.17, 15) is 0 Å². The van der Waals surface area contributed by atoms with Crippen LogP contribution in [0.15, 0.2) is 24.3 Å². The summed E-state index contributed by atoms with van der Waals surface area (Å²) in [4.78, 5) is 0. The SMILES string of the molecule is CCc1cccc(C2(C)CCOCC2)c1. The summed E-state index contributed by atoms with van der Waals surface area (Å²) in [6, 6.07) is 9.04. The van der Waals surface area contributed by atoms with Crippen molar-refractivity contribution in [3.8, 4) is 0 Å². The molecule has 82 valence electrons. The van der Waals surface area contributed by atoms with E-state index in [4.69, 9.17) is 4.74 Å². The smallest absolute Gasteiger partial charge is 0.0474 e. The van der Waals surface area contributed by atoms with Gasteiger partial charge < -0.3 is 4.74 Å². The Hall–Kier alpha value is -0.820. The van der Waals surface area contributed by atoms with Crippen molar-refractivity contribution in [3.63, 3.8) is 0 Å². The maximum Gasteiger partial charge on any atom is 0.0474 e. The maximum atomic E-state index is 5.44. The first kappa shape index (κ1) is 10.7. The fourth-order valence-corrected chi connectivity index (χ4v) is 2.28. The van der Waals surface area contributed by atoms with E-state index in [0.717, 1.165) is 32.5 Å². The summed E-state index contributed by atoms with van der Waals surface area (Å²) in [6.45, 7) is 6.40. The van der Waals surface area contributed by atoms with Gasteiger partial charge >= 0.3 is 0 Å². The molecule has 2 rings (SSSR count). The average Bonchev–Trinajstić information content (AvgIpc) is 2.30. The van der Waals surface area contributed by atoms with Gasteiger partial charge in [0, 0.05) is 13.2 Å². The Bertz CT molecular complexity index is 324. The van der Waals surface area contributed by atoms with Crippen LogP contribution in [0.4, 0.5) is 0 Å². The van der Waals surface area contributed by atoms with Crippen molar-refractivity contribution in [2.45, 2.75) is 38.5 Å². The molecule has 0 saturated carbocycles. The van der Waals surface area contributed by atoms with E-state index in [1.807, 2.05) is 0 Å². The molecule has 1 aliphatic heterocycles. The van der Waals surface area contributed by atoms with Crippen LogP contribution in [0, 0.1) is 0 Å². The minimum Gasteiger partial charge on any atom is -0.381 e. The molecule has 1 heteroatoms. The molecule has 1 nitrogen and oxygen atoms in total. The van der Waals surface area contributed by atoms with Crippen LogP contribution in [0.2, 0.25) is 0 Å². The fourth-order valence-electron chi connectivity index (χ4n) is 2.28. The molecule has 1 fully saturated rings. The Labute approximate surface area is 92.5 Å². The summed E-state index contributed by atoms with van der Waals surface area (Å²) in [6.07, 6.45) is 3.43. The van der Waals surface area contributed by atoms with Gasteiger partial charge in [-0.25, -0.2) is 0 Å². The quantitative estimate of drug-likeness (QED) is 0.718. The molecule has 1 heterocycles. The number of rotatable bonds is 2. The summed E-state index contributed by atoms with van der Waals surface area (Å²) >= 11 is 0. The van der Waals surface area contributed by atoms with Crippen LogP contribution in [0.1, 0.15) is 37.8 Å². The van der Waals surface area contributed by atoms with Gasteiger partial charge in [-0.1, -0.05) is 38.1 Å². The Morgan fingerprint density at radius 1 is 1.27 bits per heavy atom. The lowest BCUT2D eigenvalue weighted by Crippen LogP contribution is -2.30. The van der Waals surface area contributed by atoms with Crippen LogP contribution in [0.25, 0.3) is 0 Å². The maximum absolute atomic E-state index is 5.44. The zero-order valence-corrected chi connectivity index (χ0v) is 9.75. The summed E-state index contributed by atoms with van der Waals surface area (Å²) < 4.78 is 5.44. The van der Waals surface area contributed by atoms with Gasteiger partial charge in [0.15, 0.2) is 0 Å². The highest BCUT2D eigenvalue weighted by Gasteiger charge is 2.29. The molecule has 0 amide bonds. The zero-order valence-electron chi connectivity index (χ0n) is 9.75. The van der Waals surface area contributed by atoms with E-state index < -0.39 is 0 Å². The number of aryl methyl sites for hydroxylation is 1. The van der Waals surface area contributed by atoms with Crippen molar-refractivity contribution in [3.05, 3.63) is 35.4 Å². The molecular weight excluding hydrogens is 184 g/mol. The van der Waals surface area contributed by atoms with E-state index in [2.05, 4.69) is 38.1 Å². The molecule has 15 heavy (non-hydrogen) atoms. The first-order valence-corrected chi connectivity index (χ1v) is 5.92. The van der Waals surface area contributed by atoms with Crippen molar-refractivity contribution in [1.82, 2.24) is 0 Å². The van der Waals surface area contributed by atoms with Crippen LogP contribution >= 0.6 is 0 Å². The molecule has 1 aromatic carbocycles. The summed E-state index contributed by atoms with van der Waals surface area (Å²) in [5.74, 6) is 0. The van der Waals surface area contributed by atoms with Gasteiger partial charge in [0.25, 0.3) is 0 Å². The van der Waals surface area contributed by atoms with Crippen molar-refractivity contribution >= 4 is 0 Å². The molecule has 0 atom stereocenters. The second-order valence-corrected chi connectivity index (χ2v) is 4.73. The largest absolute Gasteiger partial charge is 0.381 e. The monoisotopic (exact) mass is 204 g/mol. The van der Waals surface area contributed by atoms with E-state index in [1.54, 1.807) is 0 Å². The summed E-state index contributed by atoms with van der Waals surface area (Å²) in [5, 5.41) is 0. The van der Waals surface area contributed by atoms with Gasteiger partial charge in [0.2, 0.25) is 0 Å². The van der Waals surface area contributed by atoms with Gasteiger partial charge in [0.05, 0.1) is 0 Å². The van der Waals surface area contributed by atoms with Gasteiger partial charge in [0.1, 0.15) is 0 Å². The molecule has 1 saturated heterocycles. The molecule has 0 N–H and O–H groups in total. The topological polar surface area (TPSA) is 9.23 Å². The van der Waals surface area contributed by atoms with Gasteiger partial charge in [-0.05, 0) is 35.8 Å². The Morgan fingerprint density at radius 3 is 2.67 bits per heavy atom. The Kier molecular flexibility index (Phi) is 3.11. The van der Waals surface area contributed by atoms with Crippen molar-refractivity contribution in [2.24, 2.45) is 0 Å². The third kappa shape index (κ3) is 2.23. The Morgan fingerprint density at radius 2 is 2.00 bits per heavy atom. The van der Waals surface area contributed by atoms with Gasteiger partial charge in [-0.15, -0.1) is 0 Å². The minimum absolute atomic E-state index is 0.337. The molecule has 0 spiro atoms. The highest BCUT2D eigenvalue weighted by atomic mass is 16.5.